The molecule has 1 saturated heterocycles. The fourth-order valence-electron chi connectivity index (χ4n) is 4.07. The lowest BCUT2D eigenvalue weighted by Crippen LogP contribution is -2.36. The van der Waals surface area contributed by atoms with Crippen LogP contribution in [0.15, 0.2) is 48.7 Å². The standard InChI is InChI=1S/C24H28N2O4/c1-3-29-21-11-10-16(13-23(21)28-2)18(14-26-24(27)22-9-6-12-30-22)19-15-25-20-8-5-4-7-17(19)20/h4-5,7-8,10-11,13,15,18,22,25H,3,6,9,12,14H2,1-2H3,(H,26,27)/t18-,22-/m0/s1. The van der Waals surface area contributed by atoms with Gasteiger partial charge in [0.1, 0.15) is 6.10 Å². The average Bonchev–Trinajstić information content (AvgIpc) is 3.45. The number of fused-ring (bicyclic) bond motifs is 1. The van der Waals surface area contributed by atoms with Crippen LogP contribution in [0.4, 0.5) is 0 Å². The number of hydrogen-bond acceptors (Lipinski definition) is 4. The van der Waals surface area contributed by atoms with Crippen LogP contribution in [0.2, 0.25) is 0 Å². The van der Waals surface area contributed by atoms with Crippen LogP contribution in [0.5, 0.6) is 11.5 Å². The summed E-state index contributed by atoms with van der Waals surface area (Å²) >= 11 is 0. The lowest BCUT2D eigenvalue weighted by Gasteiger charge is -2.21. The second kappa shape index (κ2) is 9.22. The van der Waals surface area contributed by atoms with Crippen molar-refractivity contribution in [3.63, 3.8) is 0 Å². The second-order valence-corrected chi connectivity index (χ2v) is 7.43. The highest BCUT2D eigenvalue weighted by molar-refractivity contribution is 5.85. The SMILES string of the molecule is CCOc1ccc([C@H](CNC(=O)[C@@H]2CCCO2)c2c[nH]c3ccccc23)cc1OC. The Morgan fingerprint density at radius 1 is 1.27 bits per heavy atom. The molecule has 1 aliphatic rings. The van der Waals surface area contributed by atoms with E-state index in [0.717, 1.165) is 34.9 Å². The number of amides is 1. The van der Waals surface area contributed by atoms with Gasteiger partial charge >= 0.3 is 0 Å². The lowest BCUT2D eigenvalue weighted by atomic mass is 9.90. The number of aromatic nitrogens is 1. The van der Waals surface area contributed by atoms with Crippen molar-refractivity contribution in [2.75, 3.05) is 26.9 Å². The Balaban J connectivity index is 1.67. The molecule has 1 fully saturated rings. The van der Waals surface area contributed by atoms with E-state index in [1.54, 1.807) is 7.11 Å². The number of carbonyl (C=O) groups is 1. The molecule has 0 aliphatic carbocycles. The first-order valence-corrected chi connectivity index (χ1v) is 10.5. The van der Waals surface area contributed by atoms with Crippen LogP contribution >= 0.6 is 0 Å². The van der Waals surface area contributed by atoms with Crippen molar-refractivity contribution in [1.29, 1.82) is 0 Å². The third-order valence-electron chi connectivity index (χ3n) is 5.59. The molecule has 0 radical (unpaired) electrons. The van der Waals surface area contributed by atoms with Crippen molar-refractivity contribution in [1.82, 2.24) is 10.3 Å². The Kier molecular flexibility index (Phi) is 6.23. The first kappa shape index (κ1) is 20.3. The molecular weight excluding hydrogens is 380 g/mol. The number of methoxy groups -OCH3 is 1. The summed E-state index contributed by atoms with van der Waals surface area (Å²) in [4.78, 5) is 15.9. The van der Waals surface area contributed by atoms with Crippen LogP contribution in [-0.4, -0.2) is 43.9 Å². The maximum Gasteiger partial charge on any atom is 0.249 e. The molecular formula is C24H28N2O4. The van der Waals surface area contributed by atoms with E-state index in [2.05, 4.69) is 22.4 Å². The number of para-hydroxylation sites is 1. The quantitative estimate of drug-likeness (QED) is 0.591. The number of carbonyl (C=O) groups excluding carboxylic acids is 1. The third-order valence-corrected chi connectivity index (χ3v) is 5.59. The highest BCUT2D eigenvalue weighted by atomic mass is 16.5. The predicted octanol–water partition coefficient (Wildman–Crippen LogP) is 4.00. The number of aromatic amines is 1. The first-order chi connectivity index (χ1) is 14.7. The van der Waals surface area contributed by atoms with Gasteiger partial charge in [-0.3, -0.25) is 4.79 Å². The van der Waals surface area contributed by atoms with Gasteiger partial charge < -0.3 is 24.5 Å². The van der Waals surface area contributed by atoms with E-state index >= 15 is 0 Å². The maximum atomic E-state index is 12.6. The summed E-state index contributed by atoms with van der Waals surface area (Å²) in [6, 6.07) is 14.2. The number of nitrogens with one attached hydrogen (secondary N) is 2. The van der Waals surface area contributed by atoms with Crippen LogP contribution in [0.1, 0.15) is 36.8 Å². The summed E-state index contributed by atoms with van der Waals surface area (Å²) in [6.45, 7) is 3.64. The van der Waals surface area contributed by atoms with Crippen molar-refractivity contribution >= 4 is 16.8 Å². The van der Waals surface area contributed by atoms with Crippen molar-refractivity contribution in [3.05, 3.63) is 59.8 Å². The largest absolute Gasteiger partial charge is 0.493 e. The Morgan fingerprint density at radius 2 is 2.13 bits per heavy atom. The molecule has 30 heavy (non-hydrogen) atoms. The number of rotatable bonds is 8. The van der Waals surface area contributed by atoms with Crippen molar-refractivity contribution < 1.29 is 19.0 Å². The monoisotopic (exact) mass is 408 g/mol. The van der Waals surface area contributed by atoms with E-state index in [9.17, 15) is 4.79 Å². The molecule has 2 N–H and O–H groups in total. The molecule has 0 saturated carbocycles. The zero-order chi connectivity index (χ0) is 20.9. The summed E-state index contributed by atoms with van der Waals surface area (Å²) in [7, 11) is 1.64. The molecule has 1 amide bonds. The predicted molar refractivity (Wildman–Crippen MR) is 116 cm³/mol. The molecule has 0 spiro atoms. The third kappa shape index (κ3) is 4.14. The average molecular weight is 408 g/mol. The smallest absolute Gasteiger partial charge is 0.249 e. The zero-order valence-electron chi connectivity index (χ0n) is 17.4. The molecule has 2 atom stereocenters. The summed E-state index contributed by atoms with van der Waals surface area (Å²) < 4.78 is 16.8. The molecule has 0 unspecified atom stereocenters. The highest BCUT2D eigenvalue weighted by Crippen LogP contribution is 2.36. The van der Waals surface area contributed by atoms with Gasteiger partial charge in [-0.25, -0.2) is 0 Å². The van der Waals surface area contributed by atoms with Crippen molar-refractivity contribution in [3.8, 4) is 11.5 Å². The molecule has 3 aromatic rings. The van der Waals surface area contributed by atoms with E-state index in [1.165, 1.54) is 0 Å². The molecule has 2 aromatic carbocycles. The van der Waals surface area contributed by atoms with Gasteiger partial charge in [-0.2, -0.15) is 0 Å². The van der Waals surface area contributed by atoms with Crippen molar-refractivity contribution in [2.45, 2.75) is 31.8 Å². The highest BCUT2D eigenvalue weighted by Gasteiger charge is 2.26. The number of ether oxygens (including phenoxy) is 3. The fraction of sp³-hybridized carbons (Fsp3) is 0.375. The van der Waals surface area contributed by atoms with Crippen LogP contribution in [-0.2, 0) is 9.53 Å². The second-order valence-electron chi connectivity index (χ2n) is 7.43. The Morgan fingerprint density at radius 3 is 2.90 bits per heavy atom. The van der Waals surface area contributed by atoms with E-state index < -0.39 is 0 Å². The fourth-order valence-corrected chi connectivity index (χ4v) is 4.07. The number of H-pyrrole nitrogens is 1. The first-order valence-electron chi connectivity index (χ1n) is 10.5. The molecule has 2 heterocycles. The van der Waals surface area contributed by atoms with Gasteiger partial charge in [0.05, 0.1) is 13.7 Å². The Hall–Kier alpha value is -2.99. The minimum absolute atomic E-state index is 0.0453. The lowest BCUT2D eigenvalue weighted by molar-refractivity contribution is -0.130. The molecule has 6 heteroatoms. The van der Waals surface area contributed by atoms with Gasteiger partial charge in [0, 0.05) is 36.2 Å². The topological polar surface area (TPSA) is 72.6 Å². The zero-order valence-corrected chi connectivity index (χ0v) is 17.4. The van der Waals surface area contributed by atoms with Gasteiger partial charge in [0.15, 0.2) is 11.5 Å². The molecule has 1 aliphatic heterocycles. The summed E-state index contributed by atoms with van der Waals surface area (Å²) in [5.74, 6) is 1.31. The molecule has 0 bridgehead atoms. The van der Waals surface area contributed by atoms with E-state index in [1.807, 2.05) is 43.5 Å². The summed E-state index contributed by atoms with van der Waals surface area (Å²) in [5, 5.41) is 4.24. The van der Waals surface area contributed by atoms with Crippen LogP contribution in [0.25, 0.3) is 10.9 Å². The van der Waals surface area contributed by atoms with E-state index in [4.69, 9.17) is 14.2 Å². The molecule has 6 nitrogen and oxygen atoms in total. The van der Waals surface area contributed by atoms with Crippen LogP contribution in [0, 0.1) is 0 Å². The molecule has 4 rings (SSSR count). The van der Waals surface area contributed by atoms with Crippen molar-refractivity contribution in [2.24, 2.45) is 0 Å². The molecule has 1 aromatic heterocycles. The van der Waals surface area contributed by atoms with E-state index in [-0.39, 0.29) is 17.9 Å². The normalized spacial score (nSPS) is 17.1. The van der Waals surface area contributed by atoms with Gasteiger partial charge in [-0.15, -0.1) is 0 Å². The van der Waals surface area contributed by atoms with Gasteiger partial charge in [0.25, 0.3) is 0 Å². The Labute approximate surface area is 176 Å². The van der Waals surface area contributed by atoms with Crippen LogP contribution in [0.3, 0.4) is 0 Å². The summed E-state index contributed by atoms with van der Waals surface area (Å²) in [6.07, 6.45) is 3.39. The Bertz CT molecular complexity index is 1010. The minimum Gasteiger partial charge on any atom is -0.493 e. The van der Waals surface area contributed by atoms with E-state index in [0.29, 0.717) is 31.3 Å². The van der Waals surface area contributed by atoms with Gasteiger partial charge in [-0.1, -0.05) is 24.3 Å². The number of hydrogen-bond donors (Lipinski definition) is 2. The van der Waals surface area contributed by atoms with Crippen LogP contribution < -0.4 is 14.8 Å². The summed E-state index contributed by atoms with van der Waals surface area (Å²) in [5.41, 5.74) is 3.25. The maximum absolute atomic E-state index is 12.6. The minimum atomic E-state index is -0.344. The van der Waals surface area contributed by atoms with Gasteiger partial charge in [0.2, 0.25) is 5.91 Å². The number of benzene rings is 2. The molecule has 158 valence electrons. The van der Waals surface area contributed by atoms with Gasteiger partial charge in [-0.05, 0) is 49.1 Å².